The summed E-state index contributed by atoms with van der Waals surface area (Å²) in [6.07, 6.45) is -3.45. The summed E-state index contributed by atoms with van der Waals surface area (Å²) in [4.78, 5) is 12.3. The lowest BCUT2D eigenvalue weighted by molar-refractivity contribution is -0.174. The van der Waals surface area contributed by atoms with E-state index in [-0.39, 0.29) is 23.8 Å². The van der Waals surface area contributed by atoms with Crippen LogP contribution < -0.4 is 10.6 Å². The van der Waals surface area contributed by atoms with E-state index in [9.17, 15) is 18.0 Å². The van der Waals surface area contributed by atoms with Crippen molar-refractivity contribution in [1.82, 2.24) is 14.9 Å². The molecule has 3 aromatic rings. The minimum atomic E-state index is -4.54. The molecule has 2 N–H and O–H groups in total. The van der Waals surface area contributed by atoms with Gasteiger partial charge in [0.15, 0.2) is 17.6 Å². The molecule has 142 valence electrons. The highest BCUT2D eigenvalue weighted by molar-refractivity contribution is 6.02. The lowest BCUT2D eigenvalue weighted by Crippen LogP contribution is -2.35. The van der Waals surface area contributed by atoms with Gasteiger partial charge in [-0.05, 0) is 19.1 Å². The molecule has 0 bridgehead atoms. The first-order valence-electron chi connectivity index (χ1n) is 8.02. The maximum absolute atomic E-state index is 13.6. The Labute approximate surface area is 150 Å². The summed E-state index contributed by atoms with van der Waals surface area (Å²) < 4.78 is 51.5. The molecule has 11 heteroatoms. The molecule has 0 saturated heterocycles. The number of amides is 1. The zero-order valence-electron chi connectivity index (χ0n) is 13.9. The van der Waals surface area contributed by atoms with E-state index < -0.39 is 24.2 Å². The van der Waals surface area contributed by atoms with Gasteiger partial charge in [-0.2, -0.15) is 18.3 Å². The van der Waals surface area contributed by atoms with Crippen molar-refractivity contribution >= 4 is 17.5 Å². The molecule has 0 saturated carbocycles. The summed E-state index contributed by atoms with van der Waals surface area (Å²) in [5.41, 5.74) is -0.174. The normalized spacial score (nSPS) is 19.4. The minimum Gasteiger partial charge on any atom is -0.467 e. The van der Waals surface area contributed by atoms with Crippen molar-refractivity contribution in [3.8, 4) is 0 Å². The standard InChI is InChI=1S/C16H14F3N5O3/c1-8-5-13(23-27-8)21-15(25)10-7-14-20-9(11-3-2-4-26-11)6-12(16(17,18)19)24(14)22-10/h2-5,7,9,12,20H,6H2,1H3,(H,21,23,25). The molecular formula is C16H14F3N5O3. The third-order valence-corrected chi connectivity index (χ3v) is 4.18. The fraction of sp³-hybridized carbons (Fsp3) is 0.312. The van der Waals surface area contributed by atoms with E-state index in [1.54, 1.807) is 19.1 Å². The summed E-state index contributed by atoms with van der Waals surface area (Å²) in [7, 11) is 0. The molecule has 8 nitrogen and oxygen atoms in total. The molecule has 0 aliphatic carbocycles. The van der Waals surface area contributed by atoms with E-state index in [0.29, 0.717) is 11.5 Å². The van der Waals surface area contributed by atoms with Crippen LogP contribution in [0.25, 0.3) is 0 Å². The van der Waals surface area contributed by atoms with Crippen molar-refractivity contribution in [2.24, 2.45) is 0 Å². The molecule has 4 rings (SSSR count). The number of anilines is 2. The third kappa shape index (κ3) is 3.27. The number of carbonyl (C=O) groups excluding carboxylic acids is 1. The summed E-state index contributed by atoms with van der Waals surface area (Å²) in [5, 5.41) is 12.8. The molecule has 4 heterocycles. The second kappa shape index (κ2) is 6.18. The highest BCUT2D eigenvalue weighted by atomic mass is 19.4. The Hall–Kier alpha value is -3.24. The summed E-state index contributed by atoms with van der Waals surface area (Å²) >= 11 is 0. The zero-order valence-corrected chi connectivity index (χ0v) is 13.9. The van der Waals surface area contributed by atoms with Crippen LogP contribution in [0.5, 0.6) is 0 Å². The van der Waals surface area contributed by atoms with E-state index in [2.05, 4.69) is 20.9 Å². The molecule has 1 amide bonds. The molecule has 0 aromatic carbocycles. The van der Waals surface area contributed by atoms with Crippen LogP contribution in [-0.2, 0) is 0 Å². The SMILES string of the molecule is Cc1cc(NC(=O)c2cc3n(n2)C(C(F)(F)F)CC(c2ccco2)N3)no1. The number of furan rings is 1. The summed E-state index contributed by atoms with van der Waals surface area (Å²) in [6.45, 7) is 1.64. The number of alkyl halides is 3. The van der Waals surface area contributed by atoms with Crippen molar-refractivity contribution < 1.29 is 26.9 Å². The predicted molar refractivity (Wildman–Crippen MR) is 86.2 cm³/mol. The van der Waals surface area contributed by atoms with Gasteiger partial charge in [-0.1, -0.05) is 5.16 Å². The predicted octanol–water partition coefficient (Wildman–Crippen LogP) is 3.69. The van der Waals surface area contributed by atoms with Gasteiger partial charge < -0.3 is 19.6 Å². The first-order chi connectivity index (χ1) is 12.8. The first kappa shape index (κ1) is 17.2. The van der Waals surface area contributed by atoms with Crippen molar-refractivity contribution in [3.05, 3.63) is 47.7 Å². The van der Waals surface area contributed by atoms with Gasteiger partial charge in [0.2, 0.25) is 0 Å². The van der Waals surface area contributed by atoms with E-state index in [0.717, 1.165) is 4.68 Å². The quantitative estimate of drug-likeness (QED) is 0.718. The Morgan fingerprint density at radius 3 is 2.85 bits per heavy atom. The van der Waals surface area contributed by atoms with Crippen molar-refractivity contribution in [2.45, 2.75) is 31.6 Å². The summed E-state index contributed by atoms with van der Waals surface area (Å²) in [5.74, 6) is 0.390. The molecular weight excluding hydrogens is 367 g/mol. The Balaban J connectivity index is 1.64. The number of hydrogen-bond donors (Lipinski definition) is 2. The van der Waals surface area contributed by atoms with Gasteiger partial charge in [0.25, 0.3) is 5.91 Å². The molecule has 1 aliphatic heterocycles. The smallest absolute Gasteiger partial charge is 0.410 e. The number of aromatic nitrogens is 3. The molecule has 0 fully saturated rings. The molecule has 2 atom stereocenters. The van der Waals surface area contributed by atoms with Crippen LogP contribution in [0.2, 0.25) is 0 Å². The number of nitrogens with one attached hydrogen (secondary N) is 2. The van der Waals surface area contributed by atoms with Gasteiger partial charge in [-0.25, -0.2) is 4.68 Å². The highest BCUT2D eigenvalue weighted by Crippen LogP contribution is 2.43. The molecule has 0 radical (unpaired) electrons. The first-order valence-corrected chi connectivity index (χ1v) is 8.02. The Kier molecular flexibility index (Phi) is 3.93. The molecule has 0 spiro atoms. The van der Waals surface area contributed by atoms with Gasteiger partial charge in [0, 0.05) is 18.6 Å². The van der Waals surface area contributed by atoms with Crippen LogP contribution in [0.15, 0.2) is 39.5 Å². The van der Waals surface area contributed by atoms with Crippen molar-refractivity contribution in [1.29, 1.82) is 0 Å². The highest BCUT2D eigenvalue weighted by Gasteiger charge is 2.47. The van der Waals surface area contributed by atoms with Gasteiger partial charge in [0.05, 0.1) is 12.3 Å². The fourth-order valence-corrected chi connectivity index (χ4v) is 2.97. The topological polar surface area (TPSA) is 98.1 Å². The maximum atomic E-state index is 13.6. The Morgan fingerprint density at radius 1 is 1.41 bits per heavy atom. The molecule has 2 unspecified atom stereocenters. The second-order valence-electron chi connectivity index (χ2n) is 6.14. The number of halogens is 3. The zero-order chi connectivity index (χ0) is 19.2. The van der Waals surface area contributed by atoms with Crippen LogP contribution >= 0.6 is 0 Å². The van der Waals surface area contributed by atoms with Crippen molar-refractivity contribution in [2.75, 3.05) is 10.6 Å². The number of nitrogens with zero attached hydrogens (tertiary/aromatic N) is 3. The van der Waals surface area contributed by atoms with E-state index >= 15 is 0 Å². The van der Waals surface area contributed by atoms with E-state index in [4.69, 9.17) is 8.94 Å². The maximum Gasteiger partial charge on any atom is 0.410 e. The number of rotatable bonds is 3. The number of hydrogen-bond acceptors (Lipinski definition) is 6. The van der Waals surface area contributed by atoms with Crippen molar-refractivity contribution in [3.63, 3.8) is 0 Å². The fourth-order valence-electron chi connectivity index (χ4n) is 2.97. The summed E-state index contributed by atoms with van der Waals surface area (Å²) in [6, 6.07) is 3.36. The van der Waals surface area contributed by atoms with E-state index in [1.165, 1.54) is 18.4 Å². The molecule has 27 heavy (non-hydrogen) atoms. The van der Waals surface area contributed by atoms with Gasteiger partial charge in [0.1, 0.15) is 17.3 Å². The van der Waals surface area contributed by atoms with Crippen LogP contribution in [0.3, 0.4) is 0 Å². The minimum absolute atomic E-state index is 0.0754. The average molecular weight is 381 g/mol. The second-order valence-corrected chi connectivity index (χ2v) is 6.14. The average Bonchev–Trinajstić information content (AvgIpc) is 3.32. The lowest BCUT2D eigenvalue weighted by Gasteiger charge is -2.32. The molecule has 3 aromatic heterocycles. The van der Waals surface area contributed by atoms with Crippen LogP contribution in [0.4, 0.5) is 24.8 Å². The van der Waals surface area contributed by atoms with Gasteiger partial charge in [-0.15, -0.1) is 0 Å². The van der Waals surface area contributed by atoms with Crippen LogP contribution in [0.1, 0.15) is 40.5 Å². The van der Waals surface area contributed by atoms with Crippen LogP contribution in [-0.4, -0.2) is 27.0 Å². The largest absolute Gasteiger partial charge is 0.467 e. The van der Waals surface area contributed by atoms with Gasteiger partial charge in [-0.3, -0.25) is 4.79 Å². The number of aryl methyl sites for hydroxylation is 1. The Morgan fingerprint density at radius 2 is 2.22 bits per heavy atom. The lowest BCUT2D eigenvalue weighted by atomic mass is 10.0. The molecule has 1 aliphatic rings. The third-order valence-electron chi connectivity index (χ3n) is 4.18. The van der Waals surface area contributed by atoms with Gasteiger partial charge >= 0.3 is 6.18 Å². The number of fused-ring (bicyclic) bond motifs is 1. The number of carbonyl (C=O) groups is 1. The monoisotopic (exact) mass is 381 g/mol. The van der Waals surface area contributed by atoms with E-state index in [1.807, 2.05) is 0 Å². The van der Waals surface area contributed by atoms with Crippen LogP contribution in [0, 0.1) is 6.92 Å². The Bertz CT molecular complexity index is 961.